The molecule has 1 amide bonds. The maximum atomic E-state index is 11.8. The van der Waals surface area contributed by atoms with E-state index in [1.807, 2.05) is 25.2 Å². The summed E-state index contributed by atoms with van der Waals surface area (Å²) in [6.45, 7) is 2.94. The third-order valence-corrected chi connectivity index (χ3v) is 3.97. The third kappa shape index (κ3) is 2.69. The zero-order valence-electron chi connectivity index (χ0n) is 10.1. The molecule has 0 aromatic heterocycles. The Labute approximate surface area is 110 Å². The average Bonchev–Trinajstić information content (AvgIpc) is 2.61. The van der Waals surface area contributed by atoms with Crippen LogP contribution in [0, 0.1) is 0 Å². The van der Waals surface area contributed by atoms with Crippen LogP contribution in [0.15, 0.2) is 28.7 Å². The van der Waals surface area contributed by atoms with Crippen LogP contribution in [0.2, 0.25) is 0 Å². The van der Waals surface area contributed by atoms with Crippen LogP contribution >= 0.6 is 15.9 Å². The SMILES string of the molecule is C[C@H](NC1CCN(C)C1=O)c1ccccc1Br. The summed E-state index contributed by atoms with van der Waals surface area (Å²) in [5.74, 6) is 0.198. The second-order valence-electron chi connectivity index (χ2n) is 4.51. The molecule has 0 spiro atoms. The summed E-state index contributed by atoms with van der Waals surface area (Å²) in [5, 5.41) is 3.39. The monoisotopic (exact) mass is 296 g/mol. The Morgan fingerprint density at radius 2 is 2.18 bits per heavy atom. The van der Waals surface area contributed by atoms with Gasteiger partial charge in [0.2, 0.25) is 5.91 Å². The minimum absolute atomic E-state index is 0.0397. The van der Waals surface area contributed by atoms with E-state index in [0.29, 0.717) is 0 Å². The largest absolute Gasteiger partial charge is 0.344 e. The Hall–Kier alpha value is -0.870. The number of carbonyl (C=O) groups is 1. The molecule has 4 heteroatoms. The van der Waals surface area contributed by atoms with Crippen LogP contribution in [-0.2, 0) is 4.79 Å². The van der Waals surface area contributed by atoms with Gasteiger partial charge in [-0.1, -0.05) is 34.1 Å². The highest BCUT2D eigenvalue weighted by Crippen LogP contribution is 2.24. The van der Waals surface area contributed by atoms with Gasteiger partial charge in [-0.05, 0) is 25.0 Å². The molecule has 17 heavy (non-hydrogen) atoms. The molecule has 0 bridgehead atoms. The zero-order chi connectivity index (χ0) is 12.4. The molecule has 1 aliphatic rings. The first-order valence-corrected chi connectivity index (χ1v) is 6.64. The summed E-state index contributed by atoms with van der Waals surface area (Å²) in [6.07, 6.45) is 0.893. The number of hydrogen-bond acceptors (Lipinski definition) is 2. The number of carbonyl (C=O) groups excluding carboxylic acids is 1. The van der Waals surface area contributed by atoms with Gasteiger partial charge in [0.05, 0.1) is 6.04 Å². The van der Waals surface area contributed by atoms with Gasteiger partial charge in [0, 0.05) is 24.1 Å². The summed E-state index contributed by atoms with van der Waals surface area (Å²) < 4.78 is 1.08. The van der Waals surface area contributed by atoms with Crippen LogP contribution in [0.4, 0.5) is 0 Å². The number of hydrogen-bond donors (Lipinski definition) is 1. The summed E-state index contributed by atoms with van der Waals surface area (Å²) in [4.78, 5) is 13.6. The molecule has 1 aliphatic heterocycles. The molecule has 1 fully saturated rings. The smallest absolute Gasteiger partial charge is 0.239 e. The molecule has 1 N–H and O–H groups in total. The first-order chi connectivity index (χ1) is 8.09. The fourth-order valence-electron chi connectivity index (χ4n) is 2.19. The lowest BCUT2D eigenvalue weighted by Crippen LogP contribution is -2.38. The maximum Gasteiger partial charge on any atom is 0.239 e. The van der Waals surface area contributed by atoms with E-state index in [-0.39, 0.29) is 18.0 Å². The molecule has 1 unspecified atom stereocenters. The number of halogens is 1. The van der Waals surface area contributed by atoms with E-state index < -0.39 is 0 Å². The van der Waals surface area contributed by atoms with Crippen LogP contribution in [0.3, 0.4) is 0 Å². The van der Waals surface area contributed by atoms with E-state index in [1.165, 1.54) is 5.56 Å². The highest BCUT2D eigenvalue weighted by molar-refractivity contribution is 9.10. The van der Waals surface area contributed by atoms with Crippen molar-refractivity contribution in [3.8, 4) is 0 Å². The number of rotatable bonds is 3. The van der Waals surface area contributed by atoms with Gasteiger partial charge < -0.3 is 4.90 Å². The second kappa shape index (κ2) is 5.19. The summed E-state index contributed by atoms with van der Waals surface area (Å²) in [5.41, 5.74) is 1.19. The van der Waals surface area contributed by atoms with E-state index in [9.17, 15) is 4.79 Å². The lowest BCUT2D eigenvalue weighted by molar-refractivity contribution is -0.128. The Morgan fingerprint density at radius 3 is 2.76 bits per heavy atom. The van der Waals surface area contributed by atoms with E-state index in [4.69, 9.17) is 0 Å². The predicted octanol–water partition coefficient (Wildman–Crippen LogP) is 2.33. The molecule has 1 saturated heterocycles. The van der Waals surface area contributed by atoms with Crippen molar-refractivity contribution in [3.63, 3.8) is 0 Å². The fourth-order valence-corrected chi connectivity index (χ4v) is 2.82. The number of nitrogens with zero attached hydrogens (tertiary/aromatic N) is 1. The van der Waals surface area contributed by atoms with E-state index in [2.05, 4.69) is 34.2 Å². The van der Waals surface area contributed by atoms with Crippen molar-refractivity contribution >= 4 is 21.8 Å². The van der Waals surface area contributed by atoms with E-state index in [0.717, 1.165) is 17.4 Å². The number of benzene rings is 1. The lowest BCUT2D eigenvalue weighted by Gasteiger charge is -2.19. The van der Waals surface area contributed by atoms with Crippen molar-refractivity contribution in [1.29, 1.82) is 0 Å². The molecule has 0 aliphatic carbocycles. The molecule has 3 nitrogen and oxygen atoms in total. The summed E-state index contributed by atoms with van der Waals surface area (Å²) >= 11 is 3.54. The average molecular weight is 297 g/mol. The van der Waals surface area contributed by atoms with Crippen LogP contribution in [0.5, 0.6) is 0 Å². The van der Waals surface area contributed by atoms with Crippen molar-refractivity contribution in [3.05, 3.63) is 34.3 Å². The van der Waals surface area contributed by atoms with Crippen molar-refractivity contribution < 1.29 is 4.79 Å². The molecule has 1 aromatic carbocycles. The minimum Gasteiger partial charge on any atom is -0.344 e. The van der Waals surface area contributed by atoms with Gasteiger partial charge in [-0.15, -0.1) is 0 Å². The summed E-state index contributed by atoms with van der Waals surface area (Å²) in [7, 11) is 1.85. The van der Waals surface area contributed by atoms with Gasteiger partial charge in [-0.25, -0.2) is 0 Å². The van der Waals surface area contributed by atoms with Crippen LogP contribution in [0.1, 0.15) is 24.9 Å². The molecule has 1 heterocycles. The van der Waals surface area contributed by atoms with Gasteiger partial charge in [0.1, 0.15) is 0 Å². The topological polar surface area (TPSA) is 32.3 Å². The fraction of sp³-hybridized carbons (Fsp3) is 0.462. The number of likely N-dealkylation sites (tertiary alicyclic amines) is 1. The zero-order valence-corrected chi connectivity index (χ0v) is 11.7. The lowest BCUT2D eigenvalue weighted by atomic mass is 10.1. The van der Waals surface area contributed by atoms with Crippen LogP contribution < -0.4 is 5.32 Å². The number of likely N-dealkylation sites (N-methyl/N-ethyl adjacent to an activating group) is 1. The van der Waals surface area contributed by atoms with Crippen LogP contribution in [-0.4, -0.2) is 30.4 Å². The van der Waals surface area contributed by atoms with Crippen molar-refractivity contribution in [2.45, 2.75) is 25.4 Å². The van der Waals surface area contributed by atoms with E-state index >= 15 is 0 Å². The molecule has 92 valence electrons. The molecular weight excluding hydrogens is 280 g/mol. The van der Waals surface area contributed by atoms with Gasteiger partial charge in [-0.2, -0.15) is 0 Å². The Bertz CT molecular complexity index is 422. The van der Waals surface area contributed by atoms with Gasteiger partial charge in [0.15, 0.2) is 0 Å². The van der Waals surface area contributed by atoms with Crippen molar-refractivity contribution in [2.75, 3.05) is 13.6 Å². The number of amides is 1. The molecule has 1 aromatic rings. The normalized spacial score (nSPS) is 21.9. The Morgan fingerprint density at radius 1 is 1.47 bits per heavy atom. The quantitative estimate of drug-likeness (QED) is 0.928. The Balaban J connectivity index is 2.05. The molecule has 0 saturated carbocycles. The molecule has 2 rings (SSSR count). The predicted molar refractivity (Wildman–Crippen MR) is 71.7 cm³/mol. The van der Waals surface area contributed by atoms with Gasteiger partial charge >= 0.3 is 0 Å². The first-order valence-electron chi connectivity index (χ1n) is 5.85. The van der Waals surface area contributed by atoms with Gasteiger partial charge in [0.25, 0.3) is 0 Å². The standard InChI is InChI=1S/C13H17BrN2O/c1-9(10-5-3-4-6-11(10)14)15-12-7-8-16(2)13(12)17/h3-6,9,12,15H,7-8H2,1-2H3/t9-,12?/m0/s1. The number of nitrogens with one attached hydrogen (secondary N) is 1. The summed E-state index contributed by atoms with van der Waals surface area (Å²) in [6, 6.07) is 8.24. The highest BCUT2D eigenvalue weighted by Gasteiger charge is 2.30. The van der Waals surface area contributed by atoms with Crippen molar-refractivity contribution in [1.82, 2.24) is 10.2 Å². The van der Waals surface area contributed by atoms with Gasteiger partial charge in [-0.3, -0.25) is 10.1 Å². The highest BCUT2D eigenvalue weighted by atomic mass is 79.9. The minimum atomic E-state index is -0.0397. The van der Waals surface area contributed by atoms with Crippen LogP contribution in [0.25, 0.3) is 0 Å². The van der Waals surface area contributed by atoms with Crippen molar-refractivity contribution in [2.24, 2.45) is 0 Å². The second-order valence-corrected chi connectivity index (χ2v) is 5.37. The maximum absolute atomic E-state index is 11.8. The molecular formula is C13H17BrN2O. The first kappa shape index (κ1) is 12.6. The van der Waals surface area contributed by atoms with E-state index in [1.54, 1.807) is 4.90 Å². The molecule has 0 radical (unpaired) electrons. The third-order valence-electron chi connectivity index (χ3n) is 3.25. The molecule has 2 atom stereocenters. The Kier molecular flexibility index (Phi) is 3.84.